The third kappa shape index (κ3) is 14.8. The summed E-state index contributed by atoms with van der Waals surface area (Å²) in [5.74, 6) is 9.26. The monoisotopic (exact) mass is 1180 g/mol. The minimum Gasteiger partial charge on any atom is -0.294 e. The highest BCUT2D eigenvalue weighted by molar-refractivity contribution is 5.13. The Hall–Kier alpha value is -0.680. The molecule has 4 heteroatoms. The first-order chi connectivity index (χ1) is 42.7. The second kappa shape index (κ2) is 31.0. The molecule has 0 aliphatic heterocycles. The zero-order chi connectivity index (χ0) is 57.4. The molecule has 14 aliphatic rings. The van der Waals surface area contributed by atoms with Crippen molar-refractivity contribution in [2.75, 3.05) is 0 Å². The van der Waals surface area contributed by atoms with E-state index in [-0.39, 0.29) is 0 Å². The Labute approximate surface area is 532 Å². The van der Waals surface area contributed by atoms with E-state index in [1.807, 2.05) is 0 Å². The van der Waals surface area contributed by atoms with Crippen LogP contribution in [0.5, 0.6) is 0 Å². The lowest BCUT2D eigenvalue weighted by molar-refractivity contribution is -0.161. The Morgan fingerprint density at radius 3 is 0.616 bits per heavy atom. The maximum Gasteiger partial charge on any atom is 0.0164 e. The van der Waals surface area contributed by atoms with Crippen LogP contribution in [0, 0.1) is 59.2 Å². The van der Waals surface area contributed by atoms with Crippen molar-refractivity contribution in [3.05, 3.63) is 24.3 Å². The van der Waals surface area contributed by atoms with Crippen molar-refractivity contribution >= 4 is 0 Å². The van der Waals surface area contributed by atoms with E-state index >= 15 is 0 Å². The maximum absolute atomic E-state index is 3.57. The molecule has 0 amide bonds. The molecule has 0 aromatic heterocycles. The Morgan fingerprint density at radius 2 is 0.360 bits per heavy atom. The van der Waals surface area contributed by atoms with Gasteiger partial charge >= 0.3 is 0 Å². The minimum absolute atomic E-state index is 0.837. The summed E-state index contributed by atoms with van der Waals surface area (Å²) in [5, 5.41) is 0. The molecule has 14 aliphatic carbocycles. The van der Waals surface area contributed by atoms with Crippen molar-refractivity contribution < 1.29 is 0 Å². The standard InChI is InChI=1S/C82H138N4/c1-7-25-67(26-8-1)83(68-27-9-2-10-28-68)73-51-43-61(44-52-73)39-41-63-47-55-75(56-48-63)85(71-33-15-5-16-34-71)81-77-37-21-22-38-78(77)82(80-60-66-24-20-19-23-65(66)59-79(80)81)86(72-35-17-6-18-36-72)76-57-49-64(50-58-76)42-40-62-45-53-74(54-46-62)84(69-29-11-3-12-30-69)70-31-13-4-14-32-70/h39-42,61-82H,1-38,43-60H2. The van der Waals surface area contributed by atoms with Crippen LogP contribution in [0.25, 0.3) is 0 Å². The van der Waals surface area contributed by atoms with Crippen LogP contribution in [0.3, 0.4) is 0 Å². The van der Waals surface area contributed by atoms with Crippen LogP contribution in [-0.4, -0.2) is 92.1 Å². The number of rotatable bonds is 16. The summed E-state index contributed by atoms with van der Waals surface area (Å²) in [4.78, 5) is 13.6. The van der Waals surface area contributed by atoms with E-state index in [0.717, 1.165) is 132 Å². The van der Waals surface area contributed by atoms with Crippen LogP contribution < -0.4 is 0 Å². The van der Waals surface area contributed by atoms with Gasteiger partial charge in [0.05, 0.1) is 0 Å². The molecule has 14 rings (SSSR count). The second-order valence-electron chi connectivity index (χ2n) is 34.8. The lowest BCUT2D eigenvalue weighted by atomic mass is 9.50. The van der Waals surface area contributed by atoms with Gasteiger partial charge in [-0.1, -0.05) is 178 Å². The Kier molecular flexibility index (Phi) is 22.7. The zero-order valence-corrected chi connectivity index (χ0v) is 56.4. The first kappa shape index (κ1) is 62.8. The van der Waals surface area contributed by atoms with Gasteiger partial charge in [0.25, 0.3) is 0 Å². The van der Waals surface area contributed by atoms with Gasteiger partial charge in [-0.05, 0) is 265 Å². The van der Waals surface area contributed by atoms with Gasteiger partial charge in [0, 0.05) is 72.5 Å². The molecule has 8 atom stereocenters. The maximum atomic E-state index is 3.57. The summed E-state index contributed by atoms with van der Waals surface area (Å²) in [6, 6.07) is 10.6. The number of nitrogens with zero attached hydrogens (tertiary/aromatic N) is 4. The largest absolute Gasteiger partial charge is 0.294 e. The number of hydrogen-bond donors (Lipinski definition) is 0. The van der Waals surface area contributed by atoms with Gasteiger partial charge in [0.1, 0.15) is 0 Å². The van der Waals surface area contributed by atoms with E-state index in [4.69, 9.17) is 0 Å². The van der Waals surface area contributed by atoms with Crippen molar-refractivity contribution in [1.29, 1.82) is 0 Å². The molecular formula is C82H138N4. The van der Waals surface area contributed by atoms with Crippen LogP contribution in [0.15, 0.2) is 24.3 Å². The highest BCUT2D eigenvalue weighted by atomic mass is 15.3. The molecule has 0 radical (unpaired) electrons. The molecule has 14 fully saturated rings. The smallest absolute Gasteiger partial charge is 0.0164 e. The fourth-order valence-corrected chi connectivity index (χ4v) is 25.9. The van der Waals surface area contributed by atoms with Gasteiger partial charge in [0.15, 0.2) is 0 Å². The van der Waals surface area contributed by atoms with Crippen molar-refractivity contribution in [2.24, 2.45) is 59.2 Å². The number of allylic oxidation sites excluding steroid dienone is 4. The van der Waals surface area contributed by atoms with Crippen LogP contribution in [0.4, 0.5) is 0 Å². The first-order valence-corrected chi connectivity index (χ1v) is 41.1. The van der Waals surface area contributed by atoms with Crippen molar-refractivity contribution in [2.45, 2.75) is 432 Å². The SMILES string of the molecule is C(=CC1CCC(N(C2CCCCC2)C2C3CCCCC3C(N(C3CCCCC3)C3CCC(C=CC4CCC(N(C5CCCCC5)C5CCCCC5)CC4)CC3)C3CC4CCCCC4CC32)CC1)C1CCC(N(C2CCCCC2)C2CCCCC2)CC1. The number of fused-ring (bicyclic) bond motifs is 3. The average Bonchev–Trinajstić information content (AvgIpc) is 0.772. The van der Waals surface area contributed by atoms with E-state index in [2.05, 4.69) is 43.9 Å². The molecule has 0 spiro atoms. The molecule has 0 aromatic rings. The minimum atomic E-state index is 0.837. The van der Waals surface area contributed by atoms with E-state index in [1.54, 1.807) is 38.5 Å². The first-order valence-electron chi connectivity index (χ1n) is 41.1. The molecule has 0 saturated heterocycles. The van der Waals surface area contributed by atoms with Gasteiger partial charge in [-0.2, -0.15) is 0 Å². The molecule has 486 valence electrons. The molecule has 0 heterocycles. The lowest BCUT2D eigenvalue weighted by Crippen LogP contribution is -2.69. The van der Waals surface area contributed by atoms with Gasteiger partial charge in [-0.15, -0.1) is 0 Å². The third-order valence-corrected chi connectivity index (χ3v) is 30.0. The molecular weight excluding hydrogens is 1040 g/mol. The van der Waals surface area contributed by atoms with Crippen molar-refractivity contribution in [1.82, 2.24) is 19.6 Å². The van der Waals surface area contributed by atoms with E-state index in [1.165, 1.54) is 321 Å². The molecule has 0 aromatic carbocycles. The molecule has 0 N–H and O–H groups in total. The fourth-order valence-electron chi connectivity index (χ4n) is 25.9. The Morgan fingerprint density at radius 1 is 0.163 bits per heavy atom. The molecule has 8 unspecified atom stereocenters. The third-order valence-electron chi connectivity index (χ3n) is 30.0. The van der Waals surface area contributed by atoms with E-state index < -0.39 is 0 Å². The quantitative estimate of drug-likeness (QED) is 0.143. The lowest BCUT2D eigenvalue weighted by Gasteiger charge is -2.66. The zero-order valence-electron chi connectivity index (χ0n) is 56.4. The summed E-state index contributed by atoms with van der Waals surface area (Å²) in [7, 11) is 0. The van der Waals surface area contributed by atoms with Gasteiger partial charge < -0.3 is 0 Å². The van der Waals surface area contributed by atoms with E-state index in [9.17, 15) is 0 Å². The van der Waals surface area contributed by atoms with Crippen LogP contribution in [-0.2, 0) is 0 Å². The summed E-state index contributed by atoms with van der Waals surface area (Å²) >= 11 is 0. The van der Waals surface area contributed by atoms with Crippen LogP contribution in [0.2, 0.25) is 0 Å². The Bertz CT molecular complexity index is 1830. The molecule has 4 nitrogen and oxygen atoms in total. The fraction of sp³-hybridized carbons (Fsp3) is 0.951. The van der Waals surface area contributed by atoms with Gasteiger partial charge in [-0.3, -0.25) is 19.6 Å². The topological polar surface area (TPSA) is 13.0 Å². The summed E-state index contributed by atoms with van der Waals surface area (Å²) in [6.45, 7) is 0. The molecule has 14 saturated carbocycles. The van der Waals surface area contributed by atoms with Gasteiger partial charge in [0.2, 0.25) is 0 Å². The highest BCUT2D eigenvalue weighted by Crippen LogP contribution is 2.60. The molecule has 0 bridgehead atoms. The Balaban J connectivity index is 0.656. The number of hydrogen-bond acceptors (Lipinski definition) is 4. The summed E-state index contributed by atoms with van der Waals surface area (Å²) in [5.41, 5.74) is 0. The summed E-state index contributed by atoms with van der Waals surface area (Å²) in [6.07, 6.45) is 95.9. The van der Waals surface area contributed by atoms with Gasteiger partial charge in [-0.25, -0.2) is 0 Å². The second-order valence-corrected chi connectivity index (χ2v) is 34.8. The highest BCUT2D eigenvalue weighted by Gasteiger charge is 2.60. The summed E-state index contributed by atoms with van der Waals surface area (Å²) < 4.78 is 0. The average molecular weight is 1180 g/mol. The predicted octanol–water partition coefficient (Wildman–Crippen LogP) is 21.9. The normalized spacial score (nSPS) is 41.5. The van der Waals surface area contributed by atoms with Crippen LogP contribution in [0.1, 0.15) is 360 Å². The van der Waals surface area contributed by atoms with Crippen molar-refractivity contribution in [3.63, 3.8) is 0 Å². The molecule has 86 heavy (non-hydrogen) atoms. The van der Waals surface area contributed by atoms with Crippen molar-refractivity contribution in [3.8, 4) is 0 Å². The predicted molar refractivity (Wildman–Crippen MR) is 365 cm³/mol. The van der Waals surface area contributed by atoms with Crippen LogP contribution >= 0.6 is 0 Å². The van der Waals surface area contributed by atoms with E-state index in [0.29, 0.717) is 0 Å².